The molecule has 1 aliphatic rings. The number of hydrogen-bond acceptors (Lipinski definition) is 3. The van der Waals surface area contributed by atoms with Gasteiger partial charge in [-0.15, -0.1) is 0 Å². The number of hydrogen-bond donors (Lipinski definition) is 1. The Morgan fingerprint density at radius 2 is 2.38 bits per heavy atom. The van der Waals surface area contributed by atoms with E-state index < -0.39 is 0 Å². The lowest BCUT2D eigenvalue weighted by molar-refractivity contribution is 0.403. The zero-order valence-corrected chi connectivity index (χ0v) is 10.2. The number of aryl methyl sites for hydroxylation is 1. The second-order valence-electron chi connectivity index (χ2n) is 4.76. The summed E-state index contributed by atoms with van der Waals surface area (Å²) < 4.78 is 0. The molecule has 0 spiro atoms. The number of piperidine rings is 1. The van der Waals surface area contributed by atoms with Crippen LogP contribution in [-0.2, 0) is 0 Å². The summed E-state index contributed by atoms with van der Waals surface area (Å²) in [5, 5.41) is 0. The largest absolute Gasteiger partial charge is 0.398 e. The van der Waals surface area contributed by atoms with Gasteiger partial charge >= 0.3 is 0 Å². The number of nitrogens with two attached hydrogens (primary N) is 1. The van der Waals surface area contributed by atoms with Crippen LogP contribution in [0, 0.1) is 12.8 Å². The predicted octanol–water partition coefficient (Wildman–Crippen LogP) is 2.60. The Balaban J connectivity index is 2.13. The Hall–Kier alpha value is -1.25. The van der Waals surface area contributed by atoms with Gasteiger partial charge in [-0.3, -0.25) is 0 Å². The molecule has 0 amide bonds. The van der Waals surface area contributed by atoms with Crippen LogP contribution in [0.1, 0.15) is 31.7 Å². The standard InChI is InChI=1S/C13H21N3/c1-3-11-5-4-6-16(9-11)13-7-12(14)10(2)8-15-13/h7-8,11H,3-6,9H2,1-2H3,(H2,14,15). The van der Waals surface area contributed by atoms with Gasteiger partial charge in [0.15, 0.2) is 0 Å². The molecule has 16 heavy (non-hydrogen) atoms. The molecule has 1 aromatic heterocycles. The number of pyridine rings is 1. The highest BCUT2D eigenvalue weighted by atomic mass is 15.2. The van der Waals surface area contributed by atoms with Crippen LogP contribution < -0.4 is 10.6 Å². The molecule has 1 fully saturated rings. The van der Waals surface area contributed by atoms with Crippen molar-refractivity contribution in [3.63, 3.8) is 0 Å². The summed E-state index contributed by atoms with van der Waals surface area (Å²) in [7, 11) is 0. The van der Waals surface area contributed by atoms with Crippen LogP contribution in [0.15, 0.2) is 12.3 Å². The van der Waals surface area contributed by atoms with Crippen LogP contribution in [-0.4, -0.2) is 18.1 Å². The second-order valence-corrected chi connectivity index (χ2v) is 4.76. The fourth-order valence-electron chi connectivity index (χ4n) is 2.31. The maximum Gasteiger partial charge on any atom is 0.130 e. The Kier molecular flexibility index (Phi) is 3.32. The molecule has 0 aliphatic carbocycles. The van der Waals surface area contributed by atoms with E-state index >= 15 is 0 Å². The average molecular weight is 219 g/mol. The third kappa shape index (κ3) is 2.29. The van der Waals surface area contributed by atoms with Gasteiger partial charge in [-0.2, -0.15) is 0 Å². The van der Waals surface area contributed by atoms with Crippen molar-refractivity contribution in [1.29, 1.82) is 0 Å². The molecule has 0 aromatic carbocycles. The lowest BCUT2D eigenvalue weighted by Crippen LogP contribution is -2.35. The molecule has 2 heterocycles. The Labute approximate surface area is 97.7 Å². The van der Waals surface area contributed by atoms with Crippen molar-refractivity contribution >= 4 is 11.5 Å². The van der Waals surface area contributed by atoms with E-state index in [2.05, 4.69) is 16.8 Å². The Morgan fingerprint density at radius 1 is 1.56 bits per heavy atom. The van der Waals surface area contributed by atoms with Crippen LogP contribution in [0.5, 0.6) is 0 Å². The summed E-state index contributed by atoms with van der Waals surface area (Å²) in [5.74, 6) is 1.86. The number of nitrogen functional groups attached to an aromatic ring is 1. The molecule has 2 N–H and O–H groups in total. The third-order valence-corrected chi connectivity index (χ3v) is 3.55. The van der Waals surface area contributed by atoms with E-state index in [4.69, 9.17) is 5.73 Å². The third-order valence-electron chi connectivity index (χ3n) is 3.55. The molecule has 3 nitrogen and oxygen atoms in total. The van der Waals surface area contributed by atoms with Crippen molar-refractivity contribution in [3.8, 4) is 0 Å². The molecule has 2 rings (SSSR count). The molecule has 88 valence electrons. The number of rotatable bonds is 2. The van der Waals surface area contributed by atoms with Crippen LogP contribution in [0.2, 0.25) is 0 Å². The van der Waals surface area contributed by atoms with Crippen molar-refractivity contribution < 1.29 is 0 Å². The first-order valence-corrected chi connectivity index (χ1v) is 6.17. The van der Waals surface area contributed by atoms with Crippen molar-refractivity contribution in [1.82, 2.24) is 4.98 Å². The maximum atomic E-state index is 5.93. The molecule has 1 atom stereocenters. The monoisotopic (exact) mass is 219 g/mol. The molecule has 3 heteroatoms. The van der Waals surface area contributed by atoms with E-state index in [0.717, 1.165) is 36.1 Å². The second kappa shape index (κ2) is 4.73. The van der Waals surface area contributed by atoms with E-state index in [1.165, 1.54) is 19.3 Å². The molecule has 0 saturated carbocycles. The normalized spacial score (nSPS) is 21.1. The van der Waals surface area contributed by atoms with Crippen molar-refractivity contribution in [3.05, 3.63) is 17.8 Å². The zero-order valence-electron chi connectivity index (χ0n) is 10.2. The van der Waals surface area contributed by atoms with Crippen molar-refractivity contribution in [2.24, 2.45) is 5.92 Å². The quantitative estimate of drug-likeness (QED) is 0.831. The molecular formula is C13H21N3. The molecule has 0 bridgehead atoms. The van der Waals surface area contributed by atoms with Crippen LogP contribution in [0.3, 0.4) is 0 Å². The van der Waals surface area contributed by atoms with Gasteiger partial charge in [-0.1, -0.05) is 13.3 Å². The number of aromatic nitrogens is 1. The highest BCUT2D eigenvalue weighted by Crippen LogP contribution is 2.25. The Bertz CT molecular complexity index is 362. The van der Waals surface area contributed by atoms with Crippen molar-refractivity contribution in [2.75, 3.05) is 23.7 Å². The molecule has 0 radical (unpaired) electrons. The minimum absolute atomic E-state index is 0.818. The highest BCUT2D eigenvalue weighted by Gasteiger charge is 2.19. The lowest BCUT2D eigenvalue weighted by Gasteiger charge is -2.33. The van der Waals surface area contributed by atoms with Crippen LogP contribution in [0.4, 0.5) is 11.5 Å². The summed E-state index contributed by atoms with van der Waals surface area (Å²) in [6.07, 6.45) is 5.76. The van der Waals surface area contributed by atoms with Gasteiger partial charge < -0.3 is 10.6 Å². The van der Waals surface area contributed by atoms with E-state index in [9.17, 15) is 0 Å². The Morgan fingerprint density at radius 3 is 3.06 bits per heavy atom. The summed E-state index contributed by atoms with van der Waals surface area (Å²) in [6.45, 7) is 6.51. The molecular weight excluding hydrogens is 198 g/mol. The highest BCUT2D eigenvalue weighted by molar-refractivity contribution is 5.54. The van der Waals surface area contributed by atoms with E-state index in [0.29, 0.717) is 0 Å². The van der Waals surface area contributed by atoms with Gasteiger partial charge in [0.1, 0.15) is 5.82 Å². The summed E-state index contributed by atoms with van der Waals surface area (Å²) >= 11 is 0. The van der Waals surface area contributed by atoms with Crippen LogP contribution >= 0.6 is 0 Å². The molecule has 1 aromatic rings. The topological polar surface area (TPSA) is 42.1 Å². The van der Waals surface area contributed by atoms with Gasteiger partial charge in [0.2, 0.25) is 0 Å². The van der Waals surface area contributed by atoms with E-state index in [1.54, 1.807) is 0 Å². The molecule has 1 aliphatic heterocycles. The number of nitrogens with zero attached hydrogens (tertiary/aromatic N) is 2. The molecule has 1 saturated heterocycles. The van der Waals surface area contributed by atoms with Crippen LogP contribution in [0.25, 0.3) is 0 Å². The van der Waals surface area contributed by atoms with E-state index in [-0.39, 0.29) is 0 Å². The minimum atomic E-state index is 0.818. The maximum absolute atomic E-state index is 5.93. The van der Waals surface area contributed by atoms with E-state index in [1.807, 2.05) is 19.2 Å². The fraction of sp³-hybridized carbons (Fsp3) is 0.615. The first kappa shape index (κ1) is 11.2. The summed E-state index contributed by atoms with van der Waals surface area (Å²) in [5.41, 5.74) is 7.84. The van der Waals surface area contributed by atoms with Gasteiger partial charge in [-0.25, -0.2) is 4.98 Å². The molecule has 1 unspecified atom stereocenters. The fourth-order valence-corrected chi connectivity index (χ4v) is 2.31. The first-order valence-electron chi connectivity index (χ1n) is 6.17. The summed E-state index contributed by atoms with van der Waals surface area (Å²) in [6, 6.07) is 2.01. The van der Waals surface area contributed by atoms with Gasteiger partial charge in [0.05, 0.1) is 0 Å². The van der Waals surface area contributed by atoms with Crippen molar-refractivity contribution in [2.45, 2.75) is 33.1 Å². The predicted molar refractivity (Wildman–Crippen MR) is 68.6 cm³/mol. The zero-order chi connectivity index (χ0) is 11.5. The summed E-state index contributed by atoms with van der Waals surface area (Å²) in [4.78, 5) is 6.85. The number of anilines is 2. The minimum Gasteiger partial charge on any atom is -0.398 e. The average Bonchev–Trinajstić information content (AvgIpc) is 2.33. The SMILES string of the molecule is CCC1CCCN(c2cc(N)c(C)cn2)C1. The lowest BCUT2D eigenvalue weighted by atomic mass is 9.96. The van der Waals surface area contributed by atoms with Gasteiger partial charge in [-0.05, 0) is 31.2 Å². The van der Waals surface area contributed by atoms with Gasteiger partial charge in [0.25, 0.3) is 0 Å². The van der Waals surface area contributed by atoms with Gasteiger partial charge in [0, 0.05) is 31.0 Å². The smallest absolute Gasteiger partial charge is 0.130 e. The first-order chi connectivity index (χ1) is 7.70.